The number of benzene rings is 5. The summed E-state index contributed by atoms with van der Waals surface area (Å²) in [5.41, 5.74) is 8.22. The predicted molar refractivity (Wildman–Crippen MR) is 143 cm³/mol. The molecule has 0 atom stereocenters. The monoisotopic (exact) mass is 449 g/mol. The highest BCUT2D eigenvalue weighted by molar-refractivity contribution is 6.10. The van der Waals surface area contributed by atoms with Gasteiger partial charge in [0, 0.05) is 44.4 Å². The fourth-order valence-corrected chi connectivity index (χ4v) is 5.37. The van der Waals surface area contributed by atoms with Crippen molar-refractivity contribution in [1.29, 1.82) is 0 Å². The van der Waals surface area contributed by atoms with Crippen molar-refractivity contribution in [3.8, 4) is 16.8 Å². The highest BCUT2D eigenvalue weighted by atomic mass is 16.3. The lowest BCUT2D eigenvalue weighted by molar-refractivity contribution is 0.669. The number of para-hydroxylation sites is 3. The van der Waals surface area contributed by atoms with Crippen molar-refractivity contribution in [1.82, 2.24) is 4.57 Å². The Morgan fingerprint density at radius 2 is 1.26 bits per heavy atom. The fraction of sp³-hybridized carbons (Fsp3) is 0. The first-order valence-corrected chi connectivity index (χ1v) is 11.8. The minimum Gasteiger partial charge on any atom is -0.456 e. The van der Waals surface area contributed by atoms with Crippen molar-refractivity contribution in [2.75, 3.05) is 0 Å². The van der Waals surface area contributed by atoms with Gasteiger partial charge in [-0.15, -0.1) is 0 Å². The molecule has 0 radical (unpaired) electrons. The molecule has 3 aromatic heterocycles. The molecule has 8 aromatic rings. The van der Waals surface area contributed by atoms with E-state index in [4.69, 9.17) is 8.83 Å². The Hall–Kier alpha value is -4.76. The molecule has 0 amide bonds. The summed E-state index contributed by atoms with van der Waals surface area (Å²) < 4.78 is 14.5. The molecule has 0 spiro atoms. The van der Waals surface area contributed by atoms with Crippen LogP contribution in [0, 0.1) is 0 Å². The standard InChI is InChI=1S/C32H19NO2/c1-4-11-30-24(6-1)26-9-5-8-23(32(26)35-30)20-12-14-28-21(18-20)16-17-33(28)22-13-15-31-27(19-22)25-7-2-3-10-29(25)34-31/h1-19H. The van der Waals surface area contributed by atoms with Crippen molar-refractivity contribution < 1.29 is 8.83 Å². The van der Waals surface area contributed by atoms with E-state index in [2.05, 4.69) is 95.7 Å². The summed E-state index contributed by atoms with van der Waals surface area (Å²) >= 11 is 0. The first kappa shape index (κ1) is 18.6. The van der Waals surface area contributed by atoms with E-state index < -0.39 is 0 Å². The van der Waals surface area contributed by atoms with Crippen LogP contribution < -0.4 is 0 Å². The number of fused-ring (bicyclic) bond motifs is 7. The molecule has 0 saturated carbocycles. The number of furan rings is 2. The fourth-order valence-electron chi connectivity index (χ4n) is 5.37. The van der Waals surface area contributed by atoms with Gasteiger partial charge in [0.2, 0.25) is 0 Å². The van der Waals surface area contributed by atoms with Gasteiger partial charge in [0.1, 0.15) is 22.3 Å². The first-order chi connectivity index (χ1) is 17.3. The minimum atomic E-state index is 0.910. The molecule has 0 aliphatic rings. The summed E-state index contributed by atoms with van der Waals surface area (Å²) in [4.78, 5) is 0. The second-order valence-electron chi connectivity index (χ2n) is 9.02. The van der Waals surface area contributed by atoms with Crippen LogP contribution in [0.4, 0.5) is 0 Å². The molecular formula is C32H19NO2. The van der Waals surface area contributed by atoms with Gasteiger partial charge in [0.15, 0.2) is 0 Å². The van der Waals surface area contributed by atoms with E-state index in [1.807, 2.05) is 24.3 Å². The molecule has 8 rings (SSSR count). The number of rotatable bonds is 2. The quantitative estimate of drug-likeness (QED) is 0.263. The molecule has 164 valence electrons. The topological polar surface area (TPSA) is 31.2 Å². The van der Waals surface area contributed by atoms with Crippen LogP contribution in [0.1, 0.15) is 0 Å². The van der Waals surface area contributed by atoms with E-state index in [0.717, 1.165) is 66.2 Å². The molecule has 3 nitrogen and oxygen atoms in total. The lowest BCUT2D eigenvalue weighted by Gasteiger charge is -2.07. The Kier molecular flexibility index (Phi) is 3.66. The largest absolute Gasteiger partial charge is 0.456 e. The summed E-state index contributed by atoms with van der Waals surface area (Å²) in [6.45, 7) is 0. The lowest BCUT2D eigenvalue weighted by atomic mass is 10.0. The van der Waals surface area contributed by atoms with Gasteiger partial charge in [-0.2, -0.15) is 0 Å². The predicted octanol–water partition coefficient (Wildman–Crippen LogP) is 9.10. The van der Waals surface area contributed by atoms with Gasteiger partial charge in [0.25, 0.3) is 0 Å². The molecule has 3 heterocycles. The number of nitrogens with zero attached hydrogens (tertiary/aromatic N) is 1. The van der Waals surface area contributed by atoms with Gasteiger partial charge in [-0.1, -0.05) is 60.7 Å². The Morgan fingerprint density at radius 3 is 2.14 bits per heavy atom. The molecule has 0 unspecified atom stereocenters. The highest BCUT2D eigenvalue weighted by Gasteiger charge is 2.14. The first-order valence-electron chi connectivity index (χ1n) is 11.8. The van der Waals surface area contributed by atoms with Gasteiger partial charge in [-0.25, -0.2) is 0 Å². The van der Waals surface area contributed by atoms with E-state index in [1.165, 1.54) is 5.39 Å². The van der Waals surface area contributed by atoms with Crippen LogP contribution in [0.3, 0.4) is 0 Å². The van der Waals surface area contributed by atoms with Gasteiger partial charge >= 0.3 is 0 Å². The zero-order valence-corrected chi connectivity index (χ0v) is 18.7. The van der Waals surface area contributed by atoms with Crippen LogP contribution in [-0.2, 0) is 0 Å². The van der Waals surface area contributed by atoms with Crippen LogP contribution >= 0.6 is 0 Å². The maximum atomic E-state index is 6.28. The second kappa shape index (κ2) is 6.87. The molecule has 0 fully saturated rings. The van der Waals surface area contributed by atoms with E-state index in [0.29, 0.717) is 0 Å². The van der Waals surface area contributed by atoms with Crippen molar-refractivity contribution in [2.45, 2.75) is 0 Å². The summed E-state index contributed by atoms with van der Waals surface area (Å²) in [6, 6.07) is 38.0. The van der Waals surface area contributed by atoms with Crippen LogP contribution in [0.2, 0.25) is 0 Å². The van der Waals surface area contributed by atoms with Crippen molar-refractivity contribution in [2.24, 2.45) is 0 Å². The maximum Gasteiger partial charge on any atom is 0.143 e. The summed E-state index contributed by atoms with van der Waals surface area (Å²) in [6.07, 6.45) is 2.14. The van der Waals surface area contributed by atoms with E-state index in [1.54, 1.807) is 0 Å². The SMILES string of the molecule is c1ccc2c(c1)oc1ccc(-n3ccc4cc(-c5cccc6c5oc5ccccc56)ccc43)cc12. The average Bonchev–Trinajstić information content (AvgIpc) is 3.60. The summed E-state index contributed by atoms with van der Waals surface area (Å²) in [5, 5.41) is 5.76. The Bertz CT molecular complexity index is 2070. The van der Waals surface area contributed by atoms with Crippen molar-refractivity contribution in [3.63, 3.8) is 0 Å². The van der Waals surface area contributed by atoms with Crippen molar-refractivity contribution >= 4 is 54.8 Å². The molecule has 5 aromatic carbocycles. The number of hydrogen-bond donors (Lipinski definition) is 0. The van der Waals surface area contributed by atoms with Crippen LogP contribution in [-0.4, -0.2) is 4.57 Å². The van der Waals surface area contributed by atoms with E-state index >= 15 is 0 Å². The third kappa shape index (κ3) is 2.66. The molecule has 3 heteroatoms. The van der Waals surface area contributed by atoms with Crippen LogP contribution in [0.15, 0.2) is 124 Å². The molecule has 0 N–H and O–H groups in total. The van der Waals surface area contributed by atoms with Crippen LogP contribution in [0.25, 0.3) is 71.6 Å². The molecular weight excluding hydrogens is 430 g/mol. The molecule has 0 bridgehead atoms. The van der Waals surface area contributed by atoms with Crippen molar-refractivity contribution in [3.05, 3.63) is 115 Å². The normalized spacial score (nSPS) is 12.0. The Morgan fingerprint density at radius 1 is 0.514 bits per heavy atom. The number of hydrogen-bond acceptors (Lipinski definition) is 2. The van der Waals surface area contributed by atoms with Gasteiger partial charge < -0.3 is 13.4 Å². The maximum absolute atomic E-state index is 6.28. The van der Waals surface area contributed by atoms with E-state index in [9.17, 15) is 0 Å². The third-order valence-corrected chi connectivity index (χ3v) is 7.04. The van der Waals surface area contributed by atoms with Gasteiger partial charge in [0.05, 0.1) is 5.52 Å². The average molecular weight is 450 g/mol. The second-order valence-corrected chi connectivity index (χ2v) is 9.02. The van der Waals surface area contributed by atoms with Gasteiger partial charge in [-0.3, -0.25) is 0 Å². The molecule has 0 aliphatic heterocycles. The number of aromatic nitrogens is 1. The summed E-state index contributed by atoms with van der Waals surface area (Å²) in [7, 11) is 0. The third-order valence-electron chi connectivity index (χ3n) is 7.04. The Labute approximate surface area is 200 Å². The molecule has 0 saturated heterocycles. The summed E-state index contributed by atoms with van der Waals surface area (Å²) in [5.74, 6) is 0. The lowest BCUT2D eigenvalue weighted by Crippen LogP contribution is -1.91. The van der Waals surface area contributed by atoms with Gasteiger partial charge in [-0.05, 0) is 54.1 Å². The minimum absolute atomic E-state index is 0.910. The molecule has 0 aliphatic carbocycles. The smallest absolute Gasteiger partial charge is 0.143 e. The molecule has 35 heavy (non-hydrogen) atoms. The van der Waals surface area contributed by atoms with E-state index in [-0.39, 0.29) is 0 Å². The zero-order chi connectivity index (χ0) is 22.9. The van der Waals surface area contributed by atoms with Crippen LogP contribution in [0.5, 0.6) is 0 Å². The Balaban J connectivity index is 1.28. The zero-order valence-electron chi connectivity index (χ0n) is 18.7. The highest BCUT2D eigenvalue weighted by Crippen LogP contribution is 2.37.